The maximum atomic E-state index is 13.0. The van der Waals surface area contributed by atoms with E-state index in [1.807, 2.05) is 36.1 Å². The number of rotatable bonds is 6. The summed E-state index contributed by atoms with van der Waals surface area (Å²) in [6, 6.07) is 7.99. The summed E-state index contributed by atoms with van der Waals surface area (Å²) in [5.41, 5.74) is 1.07. The summed E-state index contributed by atoms with van der Waals surface area (Å²) in [5.74, 6) is 0.248. The van der Waals surface area contributed by atoms with Crippen LogP contribution in [0.4, 0.5) is 0 Å². The summed E-state index contributed by atoms with van der Waals surface area (Å²) in [5, 5.41) is 0. The minimum Gasteiger partial charge on any atom is -0.370 e. The Bertz CT molecular complexity index is 761. The smallest absolute Gasteiger partial charge is 0.225 e. The molecule has 156 valence electrons. The zero-order valence-electron chi connectivity index (χ0n) is 16.3. The minimum absolute atomic E-state index is 0.0960. The van der Waals surface area contributed by atoms with Crippen molar-refractivity contribution in [2.45, 2.75) is 38.7 Å². The highest BCUT2D eigenvalue weighted by Crippen LogP contribution is 2.27. The van der Waals surface area contributed by atoms with E-state index < -0.39 is 10.0 Å². The van der Waals surface area contributed by atoms with Gasteiger partial charge in [0.1, 0.15) is 6.10 Å². The van der Waals surface area contributed by atoms with Crippen molar-refractivity contribution in [2.75, 3.05) is 38.5 Å². The number of amides is 1. The monoisotopic (exact) mass is 472 g/mol. The van der Waals surface area contributed by atoms with Crippen molar-refractivity contribution in [1.82, 2.24) is 9.21 Å². The molecule has 0 aliphatic carbocycles. The molecule has 2 aliphatic heterocycles. The number of hydrogen-bond donors (Lipinski definition) is 0. The van der Waals surface area contributed by atoms with E-state index in [4.69, 9.17) is 4.74 Å². The van der Waals surface area contributed by atoms with Crippen LogP contribution in [-0.2, 0) is 19.6 Å². The first-order chi connectivity index (χ1) is 13.4. The molecule has 0 bridgehead atoms. The average Bonchev–Trinajstić information content (AvgIpc) is 2.72. The molecule has 2 aliphatic rings. The van der Waals surface area contributed by atoms with Crippen molar-refractivity contribution in [1.29, 1.82) is 0 Å². The quantitative estimate of drug-likeness (QED) is 0.637. The van der Waals surface area contributed by atoms with Gasteiger partial charge in [-0.1, -0.05) is 41.4 Å². The number of ether oxygens (including phenoxy) is 1. The van der Waals surface area contributed by atoms with E-state index in [0.717, 1.165) is 16.5 Å². The molecule has 2 saturated heterocycles. The van der Waals surface area contributed by atoms with E-state index in [0.29, 0.717) is 52.0 Å². The normalized spacial score (nSPS) is 22.4. The summed E-state index contributed by atoms with van der Waals surface area (Å²) in [4.78, 5) is 14.9. The van der Waals surface area contributed by atoms with E-state index in [9.17, 15) is 13.2 Å². The lowest BCUT2D eigenvalue weighted by Crippen LogP contribution is -2.48. The van der Waals surface area contributed by atoms with Gasteiger partial charge in [0.05, 0.1) is 18.9 Å². The molecule has 3 rings (SSSR count). The van der Waals surface area contributed by atoms with Gasteiger partial charge in [-0.15, -0.1) is 0 Å². The van der Waals surface area contributed by atoms with Crippen molar-refractivity contribution < 1.29 is 17.9 Å². The fourth-order valence-corrected chi connectivity index (χ4v) is 5.77. The highest BCUT2D eigenvalue weighted by Gasteiger charge is 2.34. The number of carbonyl (C=O) groups is 1. The molecular weight excluding hydrogens is 444 g/mol. The maximum absolute atomic E-state index is 13.0. The van der Waals surface area contributed by atoms with E-state index >= 15 is 0 Å². The Morgan fingerprint density at radius 3 is 2.50 bits per heavy atom. The van der Waals surface area contributed by atoms with Gasteiger partial charge in [0.25, 0.3) is 0 Å². The molecule has 1 atom stereocenters. The third-order valence-corrected chi connectivity index (χ3v) is 8.06. The first kappa shape index (κ1) is 21.7. The lowest BCUT2D eigenvalue weighted by molar-refractivity contribution is -0.144. The van der Waals surface area contributed by atoms with Crippen LogP contribution in [0.5, 0.6) is 0 Å². The number of piperidine rings is 1. The van der Waals surface area contributed by atoms with Crippen LogP contribution in [-0.4, -0.2) is 62.1 Å². The summed E-state index contributed by atoms with van der Waals surface area (Å²) < 4.78 is 33.2. The molecule has 0 aromatic heterocycles. The molecular formula is C20H29BrN2O4S. The average molecular weight is 473 g/mol. The second kappa shape index (κ2) is 9.69. The molecule has 6 nitrogen and oxygen atoms in total. The highest BCUT2D eigenvalue weighted by molar-refractivity contribution is 9.10. The van der Waals surface area contributed by atoms with Crippen molar-refractivity contribution in [3.8, 4) is 0 Å². The Labute approximate surface area is 176 Å². The van der Waals surface area contributed by atoms with Crippen LogP contribution >= 0.6 is 15.9 Å². The first-order valence-corrected chi connectivity index (χ1v) is 12.4. The number of morpholine rings is 1. The Hall–Kier alpha value is -0.960. The first-order valence-electron chi connectivity index (χ1n) is 10.0. The van der Waals surface area contributed by atoms with Gasteiger partial charge >= 0.3 is 0 Å². The van der Waals surface area contributed by atoms with Crippen LogP contribution in [0.15, 0.2) is 28.7 Å². The summed E-state index contributed by atoms with van der Waals surface area (Å²) in [6.45, 7) is 4.56. The molecule has 0 saturated carbocycles. The topological polar surface area (TPSA) is 66.9 Å². The van der Waals surface area contributed by atoms with Crippen molar-refractivity contribution >= 4 is 31.9 Å². The van der Waals surface area contributed by atoms with Crippen molar-refractivity contribution in [3.63, 3.8) is 0 Å². The molecule has 1 aromatic rings. The molecule has 0 spiro atoms. The number of unbranched alkanes of at least 4 members (excludes halogenated alkanes) is 1. The van der Waals surface area contributed by atoms with Crippen LogP contribution in [0.2, 0.25) is 0 Å². The number of benzene rings is 1. The van der Waals surface area contributed by atoms with Gasteiger partial charge < -0.3 is 9.64 Å². The number of sulfonamides is 1. The third-order valence-electron chi connectivity index (χ3n) is 5.57. The lowest BCUT2D eigenvalue weighted by atomic mass is 9.96. The van der Waals surface area contributed by atoms with Gasteiger partial charge in [-0.25, -0.2) is 12.7 Å². The van der Waals surface area contributed by atoms with Gasteiger partial charge in [0.2, 0.25) is 15.9 Å². The largest absolute Gasteiger partial charge is 0.370 e. The van der Waals surface area contributed by atoms with Gasteiger partial charge in [-0.3, -0.25) is 4.79 Å². The molecule has 2 heterocycles. The van der Waals surface area contributed by atoms with Crippen LogP contribution in [0.3, 0.4) is 0 Å². The molecule has 1 aromatic carbocycles. The SMILES string of the molecule is CCCCS(=O)(=O)N1CCC(C(=O)N2CCOC(c3ccc(Br)cc3)C2)CC1. The Kier molecular flexibility index (Phi) is 7.53. The maximum Gasteiger partial charge on any atom is 0.225 e. The van der Waals surface area contributed by atoms with Crippen LogP contribution < -0.4 is 0 Å². The molecule has 28 heavy (non-hydrogen) atoms. The molecule has 1 amide bonds. The van der Waals surface area contributed by atoms with Crippen LogP contribution in [0, 0.1) is 5.92 Å². The highest BCUT2D eigenvalue weighted by atomic mass is 79.9. The molecule has 1 unspecified atom stereocenters. The van der Waals surface area contributed by atoms with Gasteiger partial charge in [0, 0.05) is 30.0 Å². The minimum atomic E-state index is -3.18. The summed E-state index contributed by atoms with van der Waals surface area (Å²) in [7, 11) is -3.18. The second-order valence-electron chi connectivity index (χ2n) is 7.54. The van der Waals surface area contributed by atoms with E-state index in [1.165, 1.54) is 0 Å². The van der Waals surface area contributed by atoms with Crippen molar-refractivity contribution in [3.05, 3.63) is 34.3 Å². The van der Waals surface area contributed by atoms with Gasteiger partial charge in [-0.05, 0) is 37.0 Å². The number of carbonyl (C=O) groups excluding carboxylic acids is 1. The zero-order valence-corrected chi connectivity index (χ0v) is 18.8. The van der Waals surface area contributed by atoms with Crippen LogP contribution in [0.1, 0.15) is 44.3 Å². The molecule has 2 fully saturated rings. The Morgan fingerprint density at radius 2 is 1.86 bits per heavy atom. The Morgan fingerprint density at radius 1 is 1.18 bits per heavy atom. The van der Waals surface area contributed by atoms with Gasteiger partial charge in [-0.2, -0.15) is 0 Å². The number of hydrogen-bond acceptors (Lipinski definition) is 4. The standard InChI is InChI=1S/C20H29BrN2O4S/c1-2-3-14-28(25,26)23-10-8-17(9-11-23)20(24)22-12-13-27-19(15-22)16-4-6-18(21)7-5-16/h4-7,17,19H,2-3,8-15H2,1H3. The molecule has 0 N–H and O–H groups in total. The zero-order chi connectivity index (χ0) is 20.1. The summed E-state index contributed by atoms with van der Waals surface area (Å²) >= 11 is 3.44. The number of nitrogens with zero attached hydrogens (tertiary/aromatic N) is 2. The van der Waals surface area contributed by atoms with Gasteiger partial charge in [0.15, 0.2) is 0 Å². The fraction of sp³-hybridized carbons (Fsp3) is 0.650. The predicted molar refractivity (Wildman–Crippen MR) is 112 cm³/mol. The van der Waals surface area contributed by atoms with E-state index in [2.05, 4.69) is 15.9 Å². The van der Waals surface area contributed by atoms with E-state index in [1.54, 1.807) is 4.31 Å². The predicted octanol–water partition coefficient (Wildman–Crippen LogP) is 3.19. The number of halogens is 1. The molecule has 8 heteroatoms. The lowest BCUT2D eigenvalue weighted by Gasteiger charge is -2.37. The third kappa shape index (κ3) is 5.34. The van der Waals surface area contributed by atoms with Crippen molar-refractivity contribution in [2.24, 2.45) is 5.92 Å². The summed E-state index contributed by atoms with van der Waals surface area (Å²) in [6.07, 6.45) is 2.65. The van der Waals surface area contributed by atoms with E-state index in [-0.39, 0.29) is 23.7 Å². The second-order valence-corrected chi connectivity index (χ2v) is 10.5. The van der Waals surface area contributed by atoms with Crippen LogP contribution in [0.25, 0.3) is 0 Å². The fourth-order valence-electron chi connectivity index (χ4n) is 3.82. The Balaban J connectivity index is 1.55. The molecule has 0 radical (unpaired) electrons.